The number of piperazine rings is 1. The molecule has 0 aromatic heterocycles. The van der Waals surface area contributed by atoms with Crippen LogP contribution in [0.5, 0.6) is 5.75 Å². The first kappa shape index (κ1) is 19.9. The highest BCUT2D eigenvalue weighted by molar-refractivity contribution is 5.96. The Morgan fingerprint density at radius 3 is 2.07 bits per heavy atom. The number of hydrogen-bond acceptors (Lipinski definition) is 3. The second-order valence-corrected chi connectivity index (χ2v) is 8.09. The molecule has 0 N–H and O–H groups in total. The van der Waals surface area contributed by atoms with E-state index in [-0.39, 0.29) is 11.8 Å². The van der Waals surface area contributed by atoms with Crippen LogP contribution >= 0.6 is 0 Å². The molecule has 0 spiro atoms. The summed E-state index contributed by atoms with van der Waals surface area (Å²) in [6.07, 6.45) is 0. The molecule has 28 heavy (non-hydrogen) atoms. The number of benzene rings is 2. The molecule has 0 radical (unpaired) electrons. The van der Waals surface area contributed by atoms with Gasteiger partial charge in [0.1, 0.15) is 12.4 Å². The van der Waals surface area contributed by atoms with Gasteiger partial charge in [-0.3, -0.25) is 9.59 Å². The monoisotopic (exact) mass is 380 g/mol. The largest absolute Gasteiger partial charge is 0.489 e. The van der Waals surface area contributed by atoms with Crippen LogP contribution in [-0.2, 0) is 11.4 Å². The zero-order valence-electron chi connectivity index (χ0n) is 16.9. The lowest BCUT2D eigenvalue weighted by Gasteiger charge is -2.37. The quantitative estimate of drug-likeness (QED) is 0.814. The van der Waals surface area contributed by atoms with Gasteiger partial charge in [-0.25, -0.2) is 0 Å². The molecule has 2 aromatic rings. The van der Waals surface area contributed by atoms with E-state index in [0.29, 0.717) is 38.3 Å². The first-order valence-corrected chi connectivity index (χ1v) is 9.70. The zero-order valence-corrected chi connectivity index (χ0v) is 16.9. The van der Waals surface area contributed by atoms with E-state index in [1.807, 2.05) is 85.2 Å². The van der Waals surface area contributed by atoms with E-state index in [1.54, 1.807) is 0 Å². The maximum Gasteiger partial charge on any atom is 0.254 e. The molecule has 3 rings (SSSR count). The summed E-state index contributed by atoms with van der Waals surface area (Å²) in [6, 6.07) is 17.1. The Labute approximate surface area is 166 Å². The van der Waals surface area contributed by atoms with Gasteiger partial charge in [-0.2, -0.15) is 0 Å². The Morgan fingerprint density at radius 2 is 1.43 bits per heavy atom. The molecule has 0 saturated carbocycles. The average Bonchev–Trinajstić information content (AvgIpc) is 2.71. The number of carbonyl (C=O) groups excluding carboxylic acids is 2. The molecule has 0 unspecified atom stereocenters. The molecule has 148 valence electrons. The Morgan fingerprint density at radius 1 is 0.857 bits per heavy atom. The number of carbonyl (C=O) groups is 2. The van der Waals surface area contributed by atoms with E-state index in [0.717, 1.165) is 11.3 Å². The van der Waals surface area contributed by atoms with Crippen molar-refractivity contribution in [3.8, 4) is 5.75 Å². The van der Waals surface area contributed by atoms with Crippen LogP contribution in [0.3, 0.4) is 0 Å². The highest BCUT2D eigenvalue weighted by Gasteiger charge is 2.31. The van der Waals surface area contributed by atoms with Crippen LogP contribution < -0.4 is 4.74 Å². The van der Waals surface area contributed by atoms with Gasteiger partial charge >= 0.3 is 0 Å². The highest BCUT2D eigenvalue weighted by Crippen LogP contribution is 2.20. The first-order valence-electron chi connectivity index (χ1n) is 9.70. The lowest BCUT2D eigenvalue weighted by atomic mass is 9.94. The van der Waals surface area contributed by atoms with E-state index in [4.69, 9.17) is 4.74 Å². The molecule has 5 heteroatoms. The van der Waals surface area contributed by atoms with Crippen LogP contribution in [0.15, 0.2) is 54.6 Å². The van der Waals surface area contributed by atoms with E-state index >= 15 is 0 Å². The van der Waals surface area contributed by atoms with Crippen molar-refractivity contribution in [2.75, 3.05) is 26.2 Å². The maximum atomic E-state index is 13.1. The molecule has 1 heterocycles. The van der Waals surface area contributed by atoms with Crippen molar-refractivity contribution in [2.45, 2.75) is 27.4 Å². The second kappa shape index (κ2) is 8.46. The van der Waals surface area contributed by atoms with Gasteiger partial charge in [-0.05, 0) is 18.2 Å². The Balaban J connectivity index is 1.64. The average molecular weight is 380 g/mol. The lowest BCUT2D eigenvalue weighted by molar-refractivity contribution is -0.140. The Kier molecular flexibility index (Phi) is 6.02. The van der Waals surface area contributed by atoms with E-state index in [9.17, 15) is 9.59 Å². The van der Waals surface area contributed by atoms with Crippen molar-refractivity contribution in [3.63, 3.8) is 0 Å². The van der Waals surface area contributed by atoms with E-state index < -0.39 is 5.41 Å². The van der Waals surface area contributed by atoms with Gasteiger partial charge < -0.3 is 14.5 Å². The Bertz CT molecular complexity index is 819. The molecule has 5 nitrogen and oxygen atoms in total. The standard InChI is InChI=1S/C23H28N2O3/c1-23(2,3)22(27)25-15-13-24(14-16-25)21(26)20-12-8-7-9-18(20)17-28-19-10-5-4-6-11-19/h4-12H,13-17H2,1-3H3. The molecular formula is C23H28N2O3. The van der Waals surface area contributed by atoms with Crippen LogP contribution in [0.1, 0.15) is 36.7 Å². The van der Waals surface area contributed by atoms with Gasteiger partial charge in [-0.1, -0.05) is 57.2 Å². The fraction of sp³-hybridized carbons (Fsp3) is 0.391. The summed E-state index contributed by atoms with van der Waals surface area (Å²) in [5.41, 5.74) is 1.13. The van der Waals surface area contributed by atoms with Crippen LogP contribution in [0.2, 0.25) is 0 Å². The summed E-state index contributed by atoms with van der Waals surface area (Å²) < 4.78 is 5.83. The molecule has 0 atom stereocenters. The summed E-state index contributed by atoms with van der Waals surface area (Å²) in [5, 5.41) is 0. The number of amides is 2. The molecule has 2 amide bonds. The van der Waals surface area contributed by atoms with Gasteiger partial charge in [0.2, 0.25) is 5.91 Å². The van der Waals surface area contributed by atoms with Gasteiger partial charge in [0.25, 0.3) is 5.91 Å². The molecular weight excluding hydrogens is 352 g/mol. The van der Waals surface area contributed by atoms with Crippen molar-refractivity contribution < 1.29 is 14.3 Å². The fourth-order valence-electron chi connectivity index (χ4n) is 3.29. The Hall–Kier alpha value is -2.82. The van der Waals surface area contributed by atoms with Crippen LogP contribution in [0.25, 0.3) is 0 Å². The van der Waals surface area contributed by atoms with Gasteiger partial charge in [-0.15, -0.1) is 0 Å². The smallest absolute Gasteiger partial charge is 0.254 e. The molecule has 0 bridgehead atoms. The predicted octanol–water partition coefficient (Wildman–Crippen LogP) is 3.60. The van der Waals surface area contributed by atoms with E-state index in [2.05, 4.69) is 0 Å². The topological polar surface area (TPSA) is 49.9 Å². The third-order valence-corrected chi connectivity index (χ3v) is 4.88. The van der Waals surface area contributed by atoms with Crippen molar-refractivity contribution in [1.29, 1.82) is 0 Å². The molecule has 1 saturated heterocycles. The van der Waals surface area contributed by atoms with Crippen molar-refractivity contribution >= 4 is 11.8 Å². The summed E-state index contributed by atoms with van der Waals surface area (Å²) >= 11 is 0. The highest BCUT2D eigenvalue weighted by atomic mass is 16.5. The van der Waals surface area contributed by atoms with Crippen molar-refractivity contribution in [3.05, 3.63) is 65.7 Å². The van der Waals surface area contributed by atoms with Crippen molar-refractivity contribution in [1.82, 2.24) is 9.80 Å². The normalized spacial score (nSPS) is 14.7. The van der Waals surface area contributed by atoms with Crippen LogP contribution in [-0.4, -0.2) is 47.8 Å². The van der Waals surface area contributed by atoms with Gasteiger partial charge in [0.15, 0.2) is 0 Å². The second-order valence-electron chi connectivity index (χ2n) is 8.09. The van der Waals surface area contributed by atoms with Crippen LogP contribution in [0.4, 0.5) is 0 Å². The van der Waals surface area contributed by atoms with Gasteiger partial charge in [0.05, 0.1) is 0 Å². The first-order chi connectivity index (χ1) is 13.4. The summed E-state index contributed by atoms with van der Waals surface area (Å²) in [4.78, 5) is 29.2. The molecule has 1 aliphatic rings. The number of ether oxygens (including phenoxy) is 1. The summed E-state index contributed by atoms with van der Waals surface area (Å²) in [7, 11) is 0. The molecule has 0 aliphatic carbocycles. The zero-order chi connectivity index (χ0) is 20.1. The maximum absolute atomic E-state index is 13.1. The number of rotatable bonds is 4. The minimum Gasteiger partial charge on any atom is -0.489 e. The third kappa shape index (κ3) is 4.71. The minimum atomic E-state index is -0.395. The van der Waals surface area contributed by atoms with Crippen LogP contribution in [0, 0.1) is 5.41 Å². The van der Waals surface area contributed by atoms with Crippen molar-refractivity contribution in [2.24, 2.45) is 5.41 Å². The molecule has 1 fully saturated rings. The van der Waals surface area contributed by atoms with E-state index in [1.165, 1.54) is 0 Å². The lowest BCUT2D eigenvalue weighted by Crippen LogP contribution is -2.53. The predicted molar refractivity (Wildman–Crippen MR) is 109 cm³/mol. The summed E-state index contributed by atoms with van der Waals surface area (Å²) in [5.74, 6) is 0.908. The third-order valence-electron chi connectivity index (χ3n) is 4.88. The number of para-hydroxylation sites is 1. The summed E-state index contributed by atoms with van der Waals surface area (Å²) in [6.45, 7) is 8.37. The molecule has 2 aromatic carbocycles. The van der Waals surface area contributed by atoms with Gasteiger partial charge in [0, 0.05) is 42.7 Å². The minimum absolute atomic E-state index is 0.00452. The number of hydrogen-bond donors (Lipinski definition) is 0. The SMILES string of the molecule is CC(C)(C)C(=O)N1CCN(C(=O)c2ccccc2COc2ccccc2)CC1. The molecule has 1 aliphatic heterocycles. The fourth-order valence-corrected chi connectivity index (χ4v) is 3.29. The number of nitrogens with zero attached hydrogens (tertiary/aromatic N) is 2.